The zero-order valence-corrected chi connectivity index (χ0v) is 19.4. The van der Waals surface area contributed by atoms with E-state index in [9.17, 15) is 19.5 Å². The van der Waals surface area contributed by atoms with Crippen molar-refractivity contribution in [1.82, 2.24) is 4.98 Å². The van der Waals surface area contributed by atoms with Gasteiger partial charge in [-0.15, -0.1) is 0 Å². The molecule has 0 radical (unpaired) electrons. The Bertz CT molecular complexity index is 1450. The highest BCUT2D eigenvalue weighted by Gasteiger charge is 2.17. The van der Waals surface area contributed by atoms with E-state index < -0.39 is 0 Å². The first-order valence-electron chi connectivity index (χ1n) is 11.1. The molecule has 1 aliphatic heterocycles. The molecule has 0 spiro atoms. The first kappa shape index (κ1) is 22.5. The van der Waals surface area contributed by atoms with Crippen molar-refractivity contribution >= 4 is 50.2 Å². The number of aromatic hydroxyl groups is 1. The Kier molecular flexibility index (Phi) is 6.15. The normalized spacial score (nSPS) is 13.0. The fourth-order valence-electron chi connectivity index (χ4n) is 3.82. The van der Waals surface area contributed by atoms with Crippen molar-refractivity contribution in [2.75, 3.05) is 10.6 Å². The first-order chi connectivity index (χ1) is 16.9. The molecule has 0 fully saturated rings. The molecular formula is C26H21N3O5S. The van der Waals surface area contributed by atoms with E-state index in [0.717, 1.165) is 28.7 Å². The molecular weight excluding hydrogens is 466 g/mol. The number of aromatic nitrogens is 1. The summed E-state index contributed by atoms with van der Waals surface area (Å²) in [4.78, 5) is 41.4. The van der Waals surface area contributed by atoms with Crippen molar-refractivity contribution in [2.24, 2.45) is 0 Å². The van der Waals surface area contributed by atoms with Crippen molar-refractivity contribution in [3.8, 4) is 11.5 Å². The minimum Gasteiger partial charge on any atom is -0.508 e. The molecule has 5 rings (SSSR count). The minimum absolute atomic E-state index is 0.144. The van der Waals surface area contributed by atoms with Crippen molar-refractivity contribution in [3.63, 3.8) is 0 Å². The molecule has 4 aromatic rings. The summed E-state index contributed by atoms with van der Waals surface area (Å²) in [6, 6.07) is 16.9. The number of carbonyl (C=O) groups is 3. The maximum absolute atomic E-state index is 12.8. The van der Waals surface area contributed by atoms with Gasteiger partial charge in [0.2, 0.25) is 5.91 Å². The summed E-state index contributed by atoms with van der Waals surface area (Å²) in [7, 11) is 0. The van der Waals surface area contributed by atoms with Crippen LogP contribution in [0.5, 0.6) is 11.5 Å². The molecule has 0 aliphatic carbocycles. The zero-order valence-electron chi connectivity index (χ0n) is 18.5. The average molecular weight is 488 g/mol. The molecule has 3 N–H and O–H groups in total. The van der Waals surface area contributed by atoms with Crippen LogP contribution in [0, 0.1) is 0 Å². The van der Waals surface area contributed by atoms with Gasteiger partial charge >= 0.3 is 5.97 Å². The van der Waals surface area contributed by atoms with Crippen LogP contribution < -0.4 is 15.4 Å². The quantitative estimate of drug-likeness (QED) is 0.278. The highest BCUT2D eigenvalue weighted by Crippen LogP contribution is 2.30. The number of fused-ring (bicyclic) bond motifs is 2. The topological polar surface area (TPSA) is 118 Å². The van der Waals surface area contributed by atoms with Crippen LogP contribution in [0.25, 0.3) is 10.2 Å². The lowest BCUT2D eigenvalue weighted by Gasteiger charge is -2.10. The second kappa shape index (κ2) is 9.55. The lowest BCUT2D eigenvalue weighted by molar-refractivity contribution is -0.134. The van der Waals surface area contributed by atoms with Crippen molar-refractivity contribution in [2.45, 2.75) is 25.7 Å². The van der Waals surface area contributed by atoms with E-state index in [0.29, 0.717) is 34.1 Å². The van der Waals surface area contributed by atoms with Crippen LogP contribution in [0.15, 0.2) is 60.7 Å². The van der Waals surface area contributed by atoms with Gasteiger partial charge in [-0.25, -0.2) is 4.98 Å². The van der Waals surface area contributed by atoms with Gasteiger partial charge in [-0.3, -0.25) is 14.4 Å². The number of rotatable bonds is 5. The van der Waals surface area contributed by atoms with Gasteiger partial charge in [0.15, 0.2) is 5.13 Å². The second-order valence-electron chi connectivity index (χ2n) is 8.20. The number of thiazole rings is 1. The van der Waals surface area contributed by atoms with Gasteiger partial charge in [0.25, 0.3) is 5.91 Å². The van der Waals surface area contributed by atoms with E-state index in [4.69, 9.17) is 4.74 Å². The molecule has 1 aromatic heterocycles. The monoisotopic (exact) mass is 487 g/mol. The summed E-state index contributed by atoms with van der Waals surface area (Å²) in [6.07, 6.45) is 2.03. The van der Waals surface area contributed by atoms with Gasteiger partial charge in [0, 0.05) is 23.7 Å². The maximum atomic E-state index is 12.8. The molecule has 3 aromatic carbocycles. The van der Waals surface area contributed by atoms with Gasteiger partial charge in [-0.1, -0.05) is 29.5 Å². The summed E-state index contributed by atoms with van der Waals surface area (Å²) in [5.74, 6) is -0.176. The number of nitrogens with zero attached hydrogens (tertiary/aromatic N) is 1. The smallest absolute Gasteiger partial charge is 0.311 e. The van der Waals surface area contributed by atoms with E-state index in [1.807, 2.05) is 6.07 Å². The standard InChI is InChI=1S/C26H21N3O5S/c30-19-9-4-15(5-10-19)12-23(31)29-26-28-20-11-7-17(13-22(20)35-26)25(33)27-18-8-6-16-2-1-3-24(32)34-21(16)14-18/h4-11,13-14,30H,1-3,12H2,(H,27,33)(H,28,29,31). The fourth-order valence-corrected chi connectivity index (χ4v) is 4.74. The third-order valence-corrected chi connectivity index (χ3v) is 6.51. The van der Waals surface area contributed by atoms with Crippen molar-refractivity contribution in [3.05, 3.63) is 77.4 Å². The summed E-state index contributed by atoms with van der Waals surface area (Å²) >= 11 is 1.28. The number of anilines is 2. The van der Waals surface area contributed by atoms with E-state index >= 15 is 0 Å². The number of nitrogens with one attached hydrogen (secondary N) is 2. The number of carbonyl (C=O) groups excluding carboxylic acids is 3. The maximum Gasteiger partial charge on any atom is 0.311 e. The van der Waals surface area contributed by atoms with E-state index in [1.165, 1.54) is 23.5 Å². The SMILES string of the molecule is O=C(Cc1ccc(O)cc1)Nc1nc2ccc(C(=O)Nc3ccc4c(c3)OC(=O)CCC4)cc2s1. The Hall–Kier alpha value is -4.24. The highest BCUT2D eigenvalue weighted by atomic mass is 32.1. The molecule has 8 nitrogen and oxygen atoms in total. The van der Waals surface area contributed by atoms with Crippen LogP contribution in [0.3, 0.4) is 0 Å². The van der Waals surface area contributed by atoms with E-state index in [-0.39, 0.29) is 30.0 Å². The number of esters is 1. The Morgan fingerprint density at radius 1 is 1.00 bits per heavy atom. The number of aryl methyl sites for hydroxylation is 1. The summed E-state index contributed by atoms with van der Waals surface area (Å²) in [5, 5.41) is 15.4. The molecule has 2 amide bonds. The first-order valence-corrected chi connectivity index (χ1v) is 11.9. The summed E-state index contributed by atoms with van der Waals surface area (Å²) in [5.41, 5.74) is 3.36. The molecule has 2 heterocycles. The number of hydrogen-bond donors (Lipinski definition) is 3. The molecule has 0 saturated heterocycles. The zero-order chi connectivity index (χ0) is 24.4. The molecule has 176 valence electrons. The fraction of sp³-hybridized carbons (Fsp3) is 0.154. The molecule has 35 heavy (non-hydrogen) atoms. The van der Waals surface area contributed by atoms with Gasteiger partial charge in [0.05, 0.1) is 16.6 Å². The van der Waals surface area contributed by atoms with Crippen LogP contribution in [0.1, 0.15) is 34.3 Å². The van der Waals surface area contributed by atoms with Crippen LogP contribution in [0.4, 0.5) is 10.8 Å². The molecule has 0 saturated carbocycles. The Balaban J connectivity index is 1.27. The van der Waals surface area contributed by atoms with Gasteiger partial charge < -0.3 is 20.5 Å². The lowest BCUT2D eigenvalue weighted by atomic mass is 10.1. The van der Waals surface area contributed by atoms with Crippen molar-refractivity contribution in [1.29, 1.82) is 0 Å². The molecule has 0 unspecified atom stereocenters. The Morgan fingerprint density at radius 3 is 2.66 bits per heavy atom. The molecule has 0 atom stereocenters. The number of phenols is 1. The van der Waals surface area contributed by atoms with E-state index in [1.54, 1.807) is 42.5 Å². The predicted molar refractivity (Wildman–Crippen MR) is 133 cm³/mol. The Morgan fingerprint density at radius 2 is 1.83 bits per heavy atom. The van der Waals surface area contributed by atoms with Crippen LogP contribution in [-0.2, 0) is 22.4 Å². The predicted octanol–water partition coefficient (Wildman–Crippen LogP) is 4.68. The van der Waals surface area contributed by atoms with E-state index in [2.05, 4.69) is 15.6 Å². The van der Waals surface area contributed by atoms with Crippen LogP contribution in [-0.4, -0.2) is 27.9 Å². The third kappa shape index (κ3) is 5.30. The number of phenolic OH excluding ortho intramolecular Hbond substituents is 1. The molecule has 9 heteroatoms. The van der Waals surface area contributed by atoms with Crippen LogP contribution >= 0.6 is 11.3 Å². The van der Waals surface area contributed by atoms with Gasteiger partial charge in [0.1, 0.15) is 11.5 Å². The van der Waals surface area contributed by atoms with Crippen LogP contribution in [0.2, 0.25) is 0 Å². The molecule has 0 bridgehead atoms. The van der Waals surface area contributed by atoms with Gasteiger partial charge in [-0.2, -0.15) is 0 Å². The Labute approximate surface area is 204 Å². The van der Waals surface area contributed by atoms with Gasteiger partial charge in [-0.05, 0) is 60.4 Å². The molecule has 1 aliphatic rings. The van der Waals surface area contributed by atoms with Crippen molar-refractivity contribution < 1.29 is 24.2 Å². The largest absolute Gasteiger partial charge is 0.508 e. The lowest BCUT2D eigenvalue weighted by Crippen LogP contribution is -2.14. The average Bonchev–Trinajstić information content (AvgIpc) is 3.13. The number of ether oxygens (including phenoxy) is 1. The summed E-state index contributed by atoms with van der Waals surface area (Å²) < 4.78 is 6.13. The number of amides is 2. The second-order valence-corrected chi connectivity index (χ2v) is 9.23. The summed E-state index contributed by atoms with van der Waals surface area (Å²) in [6.45, 7) is 0. The highest BCUT2D eigenvalue weighted by molar-refractivity contribution is 7.22. The minimum atomic E-state index is -0.307. The third-order valence-electron chi connectivity index (χ3n) is 5.57. The number of hydrogen-bond acceptors (Lipinski definition) is 7. The number of benzene rings is 3.